The molecule has 172 valence electrons. The summed E-state index contributed by atoms with van der Waals surface area (Å²) in [7, 11) is 0. The van der Waals surface area contributed by atoms with Crippen LogP contribution < -0.4 is 0 Å². The van der Waals surface area contributed by atoms with Crippen molar-refractivity contribution >= 4 is 17.2 Å². The molecular formula is C25H33N3O3S. The van der Waals surface area contributed by atoms with E-state index in [1.165, 1.54) is 4.88 Å². The molecule has 6 unspecified atom stereocenters. The molecule has 0 radical (unpaired) electrons. The van der Waals surface area contributed by atoms with E-state index in [2.05, 4.69) is 24.9 Å². The number of aliphatic hydroxyl groups excluding tert-OH is 1. The van der Waals surface area contributed by atoms with Gasteiger partial charge in [0, 0.05) is 47.8 Å². The van der Waals surface area contributed by atoms with Crippen molar-refractivity contribution < 1.29 is 14.6 Å². The largest absolute Gasteiger partial charge is 0.392 e. The van der Waals surface area contributed by atoms with E-state index in [9.17, 15) is 9.90 Å². The molecule has 6 atom stereocenters. The molecule has 1 N–H and O–H groups in total. The van der Waals surface area contributed by atoms with Crippen molar-refractivity contribution in [3.8, 4) is 10.6 Å². The molecule has 1 saturated carbocycles. The Morgan fingerprint density at radius 3 is 2.88 bits per heavy atom. The monoisotopic (exact) mass is 455 g/mol. The molecule has 2 aliphatic carbocycles. The van der Waals surface area contributed by atoms with E-state index in [0.717, 1.165) is 35.5 Å². The SMILES string of the molecule is CC(C(=O)N1CCOCC1)C1CCC2(C)Cc3sc(-c4cccnc4)nc3C(C)C2C1O. The molecule has 2 fully saturated rings. The predicted molar refractivity (Wildman–Crippen MR) is 124 cm³/mol. The van der Waals surface area contributed by atoms with Gasteiger partial charge in [-0.05, 0) is 48.6 Å². The van der Waals surface area contributed by atoms with Gasteiger partial charge in [0.1, 0.15) is 5.01 Å². The van der Waals surface area contributed by atoms with Crippen LogP contribution in [0.1, 0.15) is 50.1 Å². The minimum absolute atomic E-state index is 0.0103. The summed E-state index contributed by atoms with van der Waals surface area (Å²) in [6.45, 7) is 9.08. The molecule has 5 rings (SSSR count). The summed E-state index contributed by atoms with van der Waals surface area (Å²) in [4.78, 5) is 25.7. The number of aromatic nitrogens is 2. The first kappa shape index (κ1) is 22.0. The second-order valence-electron chi connectivity index (χ2n) is 10.1. The number of nitrogens with zero attached hydrogens (tertiary/aromatic N) is 3. The molecule has 2 aromatic heterocycles. The van der Waals surface area contributed by atoms with Crippen molar-refractivity contribution in [3.05, 3.63) is 35.1 Å². The van der Waals surface area contributed by atoms with Gasteiger partial charge in [0.05, 0.1) is 25.0 Å². The van der Waals surface area contributed by atoms with Crippen LogP contribution in [0, 0.1) is 23.2 Å². The van der Waals surface area contributed by atoms with Crippen molar-refractivity contribution in [3.63, 3.8) is 0 Å². The normalized spacial score (nSPS) is 33.3. The summed E-state index contributed by atoms with van der Waals surface area (Å²) in [5.74, 6) is 0.246. The Morgan fingerprint density at radius 2 is 2.16 bits per heavy atom. The van der Waals surface area contributed by atoms with Crippen LogP contribution in [0.2, 0.25) is 0 Å². The third-order valence-electron chi connectivity index (χ3n) is 8.19. The molecule has 1 amide bonds. The number of ether oxygens (including phenoxy) is 1. The first-order valence-corrected chi connectivity index (χ1v) is 12.7. The second-order valence-corrected chi connectivity index (χ2v) is 11.2. The molecule has 0 spiro atoms. The highest BCUT2D eigenvalue weighted by Crippen LogP contribution is 2.57. The third-order valence-corrected chi connectivity index (χ3v) is 9.31. The lowest BCUT2D eigenvalue weighted by Gasteiger charge is -2.53. The summed E-state index contributed by atoms with van der Waals surface area (Å²) < 4.78 is 5.41. The van der Waals surface area contributed by atoms with Crippen LogP contribution in [0.25, 0.3) is 10.6 Å². The number of carbonyl (C=O) groups is 1. The first-order chi connectivity index (χ1) is 15.4. The first-order valence-electron chi connectivity index (χ1n) is 11.8. The molecule has 3 aliphatic rings. The third kappa shape index (κ3) is 3.68. The quantitative estimate of drug-likeness (QED) is 0.763. The van der Waals surface area contributed by atoms with E-state index in [0.29, 0.717) is 26.3 Å². The maximum atomic E-state index is 13.2. The number of aliphatic hydroxyl groups is 1. The minimum atomic E-state index is -0.500. The number of amides is 1. The van der Waals surface area contributed by atoms with Crippen LogP contribution in [-0.2, 0) is 16.0 Å². The topological polar surface area (TPSA) is 75.6 Å². The Balaban J connectivity index is 1.40. The Hall–Kier alpha value is -1.83. The van der Waals surface area contributed by atoms with Crippen molar-refractivity contribution in [1.29, 1.82) is 0 Å². The summed E-state index contributed by atoms with van der Waals surface area (Å²) in [5, 5.41) is 12.7. The molecule has 1 saturated heterocycles. The zero-order valence-corrected chi connectivity index (χ0v) is 20.0. The molecule has 32 heavy (non-hydrogen) atoms. The Kier molecular flexibility index (Phi) is 5.84. The number of hydrogen-bond acceptors (Lipinski definition) is 6. The smallest absolute Gasteiger partial charge is 0.225 e. The van der Waals surface area contributed by atoms with E-state index < -0.39 is 6.10 Å². The van der Waals surface area contributed by atoms with Gasteiger partial charge in [0.25, 0.3) is 0 Å². The number of pyridine rings is 1. The summed E-state index contributed by atoms with van der Waals surface area (Å²) in [6, 6.07) is 4.00. The number of rotatable bonds is 3. The molecule has 3 heterocycles. The molecular weight excluding hydrogens is 422 g/mol. The second kappa shape index (κ2) is 8.50. The number of carbonyl (C=O) groups excluding carboxylic acids is 1. The minimum Gasteiger partial charge on any atom is -0.392 e. The summed E-state index contributed by atoms with van der Waals surface area (Å²) in [5.41, 5.74) is 2.21. The van der Waals surface area contributed by atoms with Gasteiger partial charge in [0.15, 0.2) is 0 Å². The van der Waals surface area contributed by atoms with Crippen molar-refractivity contribution in [1.82, 2.24) is 14.9 Å². The molecule has 6 nitrogen and oxygen atoms in total. The average Bonchev–Trinajstić information content (AvgIpc) is 3.23. The number of thiazole rings is 1. The molecule has 7 heteroatoms. The number of morpholine rings is 1. The van der Waals surface area contributed by atoms with Gasteiger partial charge < -0.3 is 14.7 Å². The molecule has 0 bridgehead atoms. The number of fused-ring (bicyclic) bond motifs is 2. The van der Waals surface area contributed by atoms with Crippen molar-refractivity contribution in [2.45, 2.75) is 52.1 Å². The highest BCUT2D eigenvalue weighted by atomic mass is 32.1. The molecule has 1 aliphatic heterocycles. The van der Waals surface area contributed by atoms with Crippen LogP contribution in [0.5, 0.6) is 0 Å². The Bertz CT molecular complexity index is 974. The lowest BCUT2D eigenvalue weighted by Crippen LogP contribution is -2.54. The van der Waals surface area contributed by atoms with E-state index in [4.69, 9.17) is 9.72 Å². The van der Waals surface area contributed by atoms with Gasteiger partial charge in [-0.15, -0.1) is 11.3 Å². The number of hydrogen-bond donors (Lipinski definition) is 1. The average molecular weight is 456 g/mol. The van der Waals surface area contributed by atoms with Crippen LogP contribution in [-0.4, -0.2) is 58.3 Å². The molecule has 0 aromatic carbocycles. The Morgan fingerprint density at radius 1 is 1.38 bits per heavy atom. The standard InChI is InChI=1S/C25H33N3O3S/c1-15(24(30)28-9-11-31-12-10-28)18-6-7-25(3)13-19-21(16(2)20(25)22(18)29)27-23(32-19)17-5-4-8-26-14-17/h4-5,8,14-16,18,20,22,29H,6-7,9-13H2,1-3H3. The van der Waals surface area contributed by atoms with Gasteiger partial charge in [-0.3, -0.25) is 9.78 Å². The van der Waals surface area contributed by atoms with Crippen LogP contribution >= 0.6 is 11.3 Å². The molecule has 2 aromatic rings. The highest BCUT2D eigenvalue weighted by molar-refractivity contribution is 7.15. The van der Waals surface area contributed by atoms with E-state index in [1.807, 2.05) is 24.1 Å². The zero-order valence-electron chi connectivity index (χ0n) is 19.2. The van der Waals surface area contributed by atoms with Crippen molar-refractivity contribution in [2.75, 3.05) is 26.3 Å². The zero-order chi connectivity index (χ0) is 22.5. The lowest BCUT2D eigenvalue weighted by atomic mass is 9.53. The van der Waals surface area contributed by atoms with Gasteiger partial charge in [0.2, 0.25) is 5.91 Å². The predicted octanol–water partition coefficient (Wildman–Crippen LogP) is 3.75. The summed E-state index contributed by atoms with van der Waals surface area (Å²) >= 11 is 1.77. The maximum Gasteiger partial charge on any atom is 0.225 e. The van der Waals surface area contributed by atoms with Gasteiger partial charge in [-0.1, -0.05) is 20.8 Å². The van der Waals surface area contributed by atoms with Gasteiger partial charge in [-0.25, -0.2) is 4.98 Å². The van der Waals surface area contributed by atoms with E-state index in [1.54, 1.807) is 17.5 Å². The fourth-order valence-corrected chi connectivity index (χ4v) is 7.77. The fraction of sp³-hybridized carbons (Fsp3) is 0.640. The Labute approximate surface area is 194 Å². The van der Waals surface area contributed by atoms with E-state index in [-0.39, 0.29) is 35.0 Å². The van der Waals surface area contributed by atoms with Crippen LogP contribution in [0.3, 0.4) is 0 Å². The van der Waals surface area contributed by atoms with Crippen LogP contribution in [0.4, 0.5) is 0 Å². The summed E-state index contributed by atoms with van der Waals surface area (Å²) in [6.07, 6.45) is 6.02. The highest BCUT2D eigenvalue weighted by Gasteiger charge is 2.54. The van der Waals surface area contributed by atoms with E-state index >= 15 is 0 Å². The van der Waals surface area contributed by atoms with Gasteiger partial charge >= 0.3 is 0 Å². The maximum absolute atomic E-state index is 13.2. The van der Waals surface area contributed by atoms with Crippen molar-refractivity contribution in [2.24, 2.45) is 23.2 Å². The fourth-order valence-electron chi connectivity index (χ4n) is 6.41. The van der Waals surface area contributed by atoms with Gasteiger partial charge in [-0.2, -0.15) is 0 Å². The lowest BCUT2D eigenvalue weighted by molar-refractivity contribution is -0.148. The van der Waals surface area contributed by atoms with Crippen LogP contribution in [0.15, 0.2) is 24.5 Å².